The molecule has 102 valence electrons. The minimum absolute atomic E-state index is 0.313. The third-order valence-electron chi connectivity index (χ3n) is 3.48. The molecule has 0 bridgehead atoms. The summed E-state index contributed by atoms with van der Waals surface area (Å²) in [5.41, 5.74) is 9.05. The molecular formula is C16H11FN4. The SMILES string of the molecule is Nc1nc2cnc3ccccc3c2n1-c1cccc(F)c1. The highest BCUT2D eigenvalue weighted by molar-refractivity contribution is 6.03. The Bertz CT molecular complexity index is 975. The van der Waals surface area contributed by atoms with Crippen LogP contribution in [0.25, 0.3) is 27.6 Å². The van der Waals surface area contributed by atoms with Gasteiger partial charge in [0.2, 0.25) is 5.95 Å². The molecule has 0 unspecified atom stereocenters. The minimum atomic E-state index is -0.313. The molecule has 0 radical (unpaired) electrons. The van der Waals surface area contributed by atoms with Crippen molar-refractivity contribution in [1.29, 1.82) is 0 Å². The maximum absolute atomic E-state index is 13.5. The van der Waals surface area contributed by atoms with Crippen molar-refractivity contribution in [2.45, 2.75) is 0 Å². The Morgan fingerprint density at radius 3 is 2.71 bits per heavy atom. The van der Waals surface area contributed by atoms with Crippen molar-refractivity contribution in [3.8, 4) is 5.69 Å². The number of aromatic nitrogens is 3. The molecule has 0 amide bonds. The average Bonchev–Trinajstić information content (AvgIpc) is 2.83. The fraction of sp³-hybridized carbons (Fsp3) is 0. The number of nitrogen functional groups attached to an aromatic ring is 1. The number of nitrogens with two attached hydrogens (primary N) is 1. The maximum atomic E-state index is 13.5. The fourth-order valence-electron chi connectivity index (χ4n) is 2.60. The predicted molar refractivity (Wildman–Crippen MR) is 80.7 cm³/mol. The molecule has 0 aliphatic carbocycles. The topological polar surface area (TPSA) is 56.7 Å². The molecule has 4 rings (SSSR count). The van der Waals surface area contributed by atoms with Crippen molar-refractivity contribution in [1.82, 2.24) is 14.5 Å². The number of benzene rings is 2. The Labute approximate surface area is 119 Å². The summed E-state index contributed by atoms with van der Waals surface area (Å²) in [4.78, 5) is 8.69. The molecule has 0 aliphatic heterocycles. The summed E-state index contributed by atoms with van der Waals surface area (Å²) in [6, 6.07) is 14.0. The molecule has 0 saturated heterocycles. The second-order valence-corrected chi connectivity index (χ2v) is 4.79. The summed E-state index contributed by atoms with van der Waals surface area (Å²) in [6.07, 6.45) is 1.68. The summed E-state index contributed by atoms with van der Waals surface area (Å²) < 4.78 is 15.3. The molecule has 0 atom stereocenters. The number of imidazole rings is 1. The lowest BCUT2D eigenvalue weighted by Crippen LogP contribution is -2.01. The quantitative estimate of drug-likeness (QED) is 0.581. The van der Waals surface area contributed by atoms with Crippen molar-refractivity contribution in [3.63, 3.8) is 0 Å². The standard InChI is InChI=1S/C16H11FN4/c17-10-4-3-5-11(8-10)21-15-12-6-1-2-7-13(12)19-9-14(15)20-16(21)18/h1-9H,(H2,18,20). The lowest BCUT2D eigenvalue weighted by Gasteiger charge is -2.08. The van der Waals surface area contributed by atoms with Crippen LogP contribution in [-0.2, 0) is 0 Å². The molecule has 0 fully saturated rings. The van der Waals surface area contributed by atoms with Crippen LogP contribution in [0.15, 0.2) is 54.7 Å². The molecule has 0 aliphatic rings. The second kappa shape index (κ2) is 4.28. The van der Waals surface area contributed by atoms with E-state index in [2.05, 4.69) is 9.97 Å². The van der Waals surface area contributed by atoms with E-state index in [9.17, 15) is 4.39 Å². The van der Waals surface area contributed by atoms with E-state index in [-0.39, 0.29) is 5.82 Å². The van der Waals surface area contributed by atoms with Gasteiger partial charge in [0.05, 0.1) is 22.9 Å². The van der Waals surface area contributed by atoms with E-state index in [1.165, 1.54) is 12.1 Å². The minimum Gasteiger partial charge on any atom is -0.369 e. The van der Waals surface area contributed by atoms with Gasteiger partial charge in [-0.25, -0.2) is 9.37 Å². The van der Waals surface area contributed by atoms with Gasteiger partial charge in [-0.3, -0.25) is 9.55 Å². The number of halogens is 1. The Kier molecular flexibility index (Phi) is 2.41. The molecule has 2 heterocycles. The van der Waals surface area contributed by atoms with Crippen LogP contribution >= 0.6 is 0 Å². The van der Waals surface area contributed by atoms with Gasteiger partial charge < -0.3 is 5.73 Å². The van der Waals surface area contributed by atoms with Gasteiger partial charge in [-0.1, -0.05) is 24.3 Å². The number of para-hydroxylation sites is 1. The van der Waals surface area contributed by atoms with E-state index >= 15 is 0 Å². The van der Waals surface area contributed by atoms with Crippen LogP contribution < -0.4 is 5.73 Å². The van der Waals surface area contributed by atoms with E-state index in [0.717, 1.165) is 16.4 Å². The summed E-state index contributed by atoms with van der Waals surface area (Å²) in [5.74, 6) is 0.000801. The summed E-state index contributed by atoms with van der Waals surface area (Å²) in [5, 5.41) is 0.934. The number of fused-ring (bicyclic) bond motifs is 3. The smallest absolute Gasteiger partial charge is 0.206 e. The van der Waals surface area contributed by atoms with E-state index in [1.54, 1.807) is 22.9 Å². The molecule has 0 spiro atoms. The van der Waals surface area contributed by atoms with Crippen molar-refractivity contribution >= 4 is 27.9 Å². The van der Waals surface area contributed by atoms with Crippen LogP contribution in [0.1, 0.15) is 0 Å². The van der Waals surface area contributed by atoms with Crippen molar-refractivity contribution in [2.24, 2.45) is 0 Å². The van der Waals surface area contributed by atoms with E-state index < -0.39 is 0 Å². The highest BCUT2D eigenvalue weighted by Gasteiger charge is 2.13. The summed E-state index contributed by atoms with van der Waals surface area (Å²) in [7, 11) is 0. The van der Waals surface area contributed by atoms with Crippen molar-refractivity contribution in [2.75, 3.05) is 5.73 Å². The first-order chi connectivity index (χ1) is 10.2. The third-order valence-corrected chi connectivity index (χ3v) is 3.48. The number of pyridine rings is 1. The van der Waals surface area contributed by atoms with Crippen molar-refractivity contribution < 1.29 is 4.39 Å². The molecule has 0 saturated carbocycles. The van der Waals surface area contributed by atoms with E-state index in [0.29, 0.717) is 17.2 Å². The molecule has 4 nitrogen and oxygen atoms in total. The van der Waals surface area contributed by atoms with Gasteiger partial charge in [-0.2, -0.15) is 0 Å². The molecule has 2 N–H and O–H groups in total. The van der Waals surface area contributed by atoms with Crippen molar-refractivity contribution in [3.05, 3.63) is 60.5 Å². The van der Waals surface area contributed by atoms with Crippen LogP contribution in [0.2, 0.25) is 0 Å². The van der Waals surface area contributed by atoms with Gasteiger partial charge in [0.1, 0.15) is 11.3 Å². The highest BCUT2D eigenvalue weighted by atomic mass is 19.1. The maximum Gasteiger partial charge on any atom is 0.206 e. The van der Waals surface area contributed by atoms with Gasteiger partial charge in [0, 0.05) is 5.39 Å². The van der Waals surface area contributed by atoms with Gasteiger partial charge in [-0.15, -0.1) is 0 Å². The number of rotatable bonds is 1. The van der Waals surface area contributed by atoms with E-state index in [1.807, 2.05) is 24.3 Å². The van der Waals surface area contributed by atoms with Gasteiger partial charge in [0.25, 0.3) is 0 Å². The first-order valence-electron chi connectivity index (χ1n) is 6.51. The van der Waals surface area contributed by atoms with Crippen LogP contribution in [0, 0.1) is 5.82 Å². The van der Waals surface area contributed by atoms with E-state index in [4.69, 9.17) is 5.73 Å². The summed E-state index contributed by atoms with van der Waals surface area (Å²) in [6.45, 7) is 0. The number of hydrogen-bond donors (Lipinski definition) is 1. The predicted octanol–water partition coefficient (Wildman–Crippen LogP) is 3.30. The number of anilines is 1. The third kappa shape index (κ3) is 1.74. The number of nitrogens with zero attached hydrogens (tertiary/aromatic N) is 3. The largest absolute Gasteiger partial charge is 0.369 e. The van der Waals surface area contributed by atoms with Crippen LogP contribution in [-0.4, -0.2) is 14.5 Å². The normalized spacial score (nSPS) is 11.3. The van der Waals surface area contributed by atoms with Gasteiger partial charge >= 0.3 is 0 Å². The second-order valence-electron chi connectivity index (χ2n) is 4.79. The zero-order valence-corrected chi connectivity index (χ0v) is 11.0. The number of hydrogen-bond acceptors (Lipinski definition) is 3. The van der Waals surface area contributed by atoms with Crippen LogP contribution in [0.3, 0.4) is 0 Å². The van der Waals surface area contributed by atoms with Crippen LogP contribution in [0.4, 0.5) is 10.3 Å². The lowest BCUT2D eigenvalue weighted by atomic mass is 10.2. The Morgan fingerprint density at radius 1 is 1.00 bits per heavy atom. The molecule has 5 heteroatoms. The first kappa shape index (κ1) is 11.8. The summed E-state index contributed by atoms with van der Waals surface area (Å²) >= 11 is 0. The fourth-order valence-corrected chi connectivity index (χ4v) is 2.60. The molecule has 4 aromatic rings. The average molecular weight is 278 g/mol. The highest BCUT2D eigenvalue weighted by Crippen LogP contribution is 2.28. The Hall–Kier alpha value is -2.95. The molecule has 21 heavy (non-hydrogen) atoms. The zero-order valence-electron chi connectivity index (χ0n) is 11.0. The lowest BCUT2D eigenvalue weighted by molar-refractivity contribution is 0.627. The monoisotopic (exact) mass is 278 g/mol. The molecular weight excluding hydrogens is 267 g/mol. The Morgan fingerprint density at radius 2 is 1.86 bits per heavy atom. The van der Waals surface area contributed by atoms with Crippen LogP contribution in [0.5, 0.6) is 0 Å². The van der Waals surface area contributed by atoms with Gasteiger partial charge in [0.15, 0.2) is 0 Å². The zero-order chi connectivity index (χ0) is 14.4. The Balaban J connectivity index is 2.17. The molecule has 2 aromatic carbocycles. The molecule has 2 aromatic heterocycles. The van der Waals surface area contributed by atoms with Gasteiger partial charge in [-0.05, 0) is 24.3 Å². The first-order valence-corrected chi connectivity index (χ1v) is 6.51.